The van der Waals surface area contributed by atoms with Crippen LogP contribution in [-0.2, 0) is 4.74 Å². The Morgan fingerprint density at radius 3 is 2.84 bits per heavy atom. The topological polar surface area (TPSA) is 49.8 Å². The van der Waals surface area contributed by atoms with Crippen molar-refractivity contribution in [3.63, 3.8) is 0 Å². The fraction of sp³-hybridized carbons (Fsp3) is 0.462. The molecule has 1 fully saturated rings. The molecule has 0 aromatic heterocycles. The van der Waals surface area contributed by atoms with Gasteiger partial charge in [-0.1, -0.05) is 15.9 Å². The summed E-state index contributed by atoms with van der Waals surface area (Å²) in [7, 11) is 0. The number of rotatable bonds is 5. The van der Waals surface area contributed by atoms with Crippen molar-refractivity contribution in [3.8, 4) is 0 Å². The molecule has 0 unspecified atom stereocenters. The Morgan fingerprint density at radius 2 is 2.16 bits per heavy atom. The van der Waals surface area contributed by atoms with Crippen LogP contribution < -0.4 is 0 Å². The van der Waals surface area contributed by atoms with Gasteiger partial charge in [0, 0.05) is 34.8 Å². The van der Waals surface area contributed by atoms with Crippen LogP contribution >= 0.6 is 27.7 Å². The number of aromatic carboxylic acids is 1. The number of carboxylic acid groups (broad SMARTS) is 1. The van der Waals surface area contributed by atoms with E-state index in [1.807, 2.05) is 6.07 Å². The third-order valence-electron chi connectivity index (χ3n) is 2.94. The van der Waals surface area contributed by atoms with Crippen LogP contribution in [0.1, 0.15) is 10.4 Å². The summed E-state index contributed by atoms with van der Waals surface area (Å²) in [6, 6.07) is 5.27. The summed E-state index contributed by atoms with van der Waals surface area (Å²) < 4.78 is 6.21. The maximum Gasteiger partial charge on any atom is 0.336 e. The quantitative estimate of drug-likeness (QED) is 0.831. The molecule has 19 heavy (non-hydrogen) atoms. The van der Waals surface area contributed by atoms with Gasteiger partial charge in [-0.2, -0.15) is 0 Å². The number of thioether (sulfide) groups is 1. The Balaban J connectivity index is 1.91. The van der Waals surface area contributed by atoms with Crippen LogP contribution in [0.2, 0.25) is 0 Å². The highest BCUT2D eigenvalue weighted by molar-refractivity contribution is 9.10. The third-order valence-corrected chi connectivity index (χ3v) is 4.47. The zero-order valence-electron chi connectivity index (χ0n) is 10.5. The molecule has 2 rings (SSSR count). The zero-order valence-corrected chi connectivity index (χ0v) is 12.9. The molecular formula is C13H16BrNO3S. The van der Waals surface area contributed by atoms with Gasteiger partial charge >= 0.3 is 5.97 Å². The van der Waals surface area contributed by atoms with Crippen LogP contribution in [0, 0.1) is 0 Å². The SMILES string of the molecule is O=C(O)c1ccc(Br)cc1SCCN1CCOCC1. The summed E-state index contributed by atoms with van der Waals surface area (Å²) in [5.74, 6) is 0.0119. The number of nitrogens with zero attached hydrogens (tertiary/aromatic N) is 1. The first-order valence-corrected chi connectivity index (χ1v) is 7.90. The Kier molecular flexibility index (Phi) is 5.69. The van der Waals surface area contributed by atoms with Crippen molar-refractivity contribution >= 4 is 33.7 Å². The minimum absolute atomic E-state index is 0.371. The lowest BCUT2D eigenvalue weighted by molar-refractivity contribution is 0.0410. The van der Waals surface area contributed by atoms with Crippen LogP contribution in [0.15, 0.2) is 27.6 Å². The molecule has 6 heteroatoms. The Labute approximate surface area is 125 Å². The highest BCUT2D eigenvalue weighted by Crippen LogP contribution is 2.26. The van der Waals surface area contributed by atoms with E-state index in [2.05, 4.69) is 20.8 Å². The molecule has 1 aromatic carbocycles. The molecule has 0 radical (unpaired) electrons. The van der Waals surface area contributed by atoms with E-state index >= 15 is 0 Å². The van der Waals surface area contributed by atoms with Crippen LogP contribution in [0.3, 0.4) is 0 Å². The van der Waals surface area contributed by atoms with E-state index in [9.17, 15) is 4.79 Å². The van der Waals surface area contributed by atoms with Crippen molar-refractivity contribution in [1.29, 1.82) is 0 Å². The van der Waals surface area contributed by atoms with Gasteiger partial charge in [0.25, 0.3) is 0 Å². The van der Waals surface area contributed by atoms with E-state index < -0.39 is 5.97 Å². The zero-order chi connectivity index (χ0) is 13.7. The molecule has 0 saturated carbocycles. The van der Waals surface area contributed by atoms with Crippen LogP contribution in [-0.4, -0.2) is 54.6 Å². The summed E-state index contributed by atoms with van der Waals surface area (Å²) in [5, 5.41) is 9.15. The second kappa shape index (κ2) is 7.28. The number of hydrogen-bond donors (Lipinski definition) is 1. The number of carbonyl (C=O) groups is 1. The summed E-state index contributed by atoms with van der Waals surface area (Å²) in [6.07, 6.45) is 0. The average molecular weight is 346 g/mol. The monoisotopic (exact) mass is 345 g/mol. The van der Waals surface area contributed by atoms with Gasteiger partial charge in [-0.15, -0.1) is 11.8 Å². The highest BCUT2D eigenvalue weighted by Gasteiger charge is 2.13. The first-order chi connectivity index (χ1) is 9.16. The molecule has 1 N–H and O–H groups in total. The normalized spacial score (nSPS) is 16.5. The summed E-state index contributed by atoms with van der Waals surface area (Å²) >= 11 is 4.97. The van der Waals surface area contributed by atoms with E-state index in [0.29, 0.717) is 5.56 Å². The van der Waals surface area contributed by atoms with Gasteiger partial charge in [-0.3, -0.25) is 4.90 Å². The molecule has 0 spiro atoms. The van der Waals surface area contributed by atoms with Crippen molar-refractivity contribution in [2.45, 2.75) is 4.90 Å². The standard InChI is InChI=1S/C13H16BrNO3S/c14-10-1-2-11(13(16)17)12(9-10)19-8-5-15-3-6-18-7-4-15/h1-2,9H,3-8H2,(H,16,17). The molecular weight excluding hydrogens is 330 g/mol. The maximum atomic E-state index is 11.1. The van der Waals surface area contributed by atoms with E-state index in [0.717, 1.165) is 48.0 Å². The highest BCUT2D eigenvalue weighted by atomic mass is 79.9. The predicted octanol–water partition coefficient (Wildman–Crippen LogP) is 2.57. The molecule has 0 amide bonds. The predicted molar refractivity (Wildman–Crippen MR) is 79.1 cm³/mol. The molecule has 1 heterocycles. The van der Waals surface area contributed by atoms with Crippen molar-refractivity contribution in [2.24, 2.45) is 0 Å². The number of halogens is 1. The molecule has 104 valence electrons. The van der Waals surface area contributed by atoms with E-state index in [1.54, 1.807) is 23.9 Å². The van der Waals surface area contributed by atoms with Gasteiger partial charge in [0.2, 0.25) is 0 Å². The van der Waals surface area contributed by atoms with Gasteiger partial charge in [-0.05, 0) is 18.2 Å². The lowest BCUT2D eigenvalue weighted by Gasteiger charge is -2.26. The Bertz CT molecular complexity index is 450. The van der Waals surface area contributed by atoms with Gasteiger partial charge in [0.05, 0.1) is 18.8 Å². The van der Waals surface area contributed by atoms with Crippen molar-refractivity contribution in [1.82, 2.24) is 4.90 Å². The first kappa shape index (κ1) is 14.8. The second-order valence-electron chi connectivity index (χ2n) is 4.25. The van der Waals surface area contributed by atoms with Gasteiger partial charge in [-0.25, -0.2) is 4.79 Å². The minimum atomic E-state index is -0.874. The van der Waals surface area contributed by atoms with Crippen LogP contribution in [0.4, 0.5) is 0 Å². The molecule has 0 aliphatic carbocycles. The smallest absolute Gasteiger partial charge is 0.336 e. The number of benzene rings is 1. The Morgan fingerprint density at radius 1 is 1.42 bits per heavy atom. The average Bonchev–Trinajstić information content (AvgIpc) is 2.39. The van der Waals surface area contributed by atoms with Gasteiger partial charge < -0.3 is 9.84 Å². The number of morpholine rings is 1. The summed E-state index contributed by atoms with van der Waals surface area (Å²) in [5.41, 5.74) is 0.371. The molecule has 1 aliphatic heterocycles. The second-order valence-corrected chi connectivity index (χ2v) is 6.30. The molecule has 1 aromatic rings. The first-order valence-electron chi connectivity index (χ1n) is 6.12. The van der Waals surface area contributed by atoms with E-state index in [-0.39, 0.29) is 0 Å². The number of ether oxygens (including phenoxy) is 1. The van der Waals surface area contributed by atoms with Crippen molar-refractivity contribution in [2.75, 3.05) is 38.6 Å². The van der Waals surface area contributed by atoms with E-state index in [1.165, 1.54) is 0 Å². The fourth-order valence-electron chi connectivity index (χ4n) is 1.90. The molecule has 1 saturated heterocycles. The van der Waals surface area contributed by atoms with Gasteiger partial charge in [0.1, 0.15) is 0 Å². The molecule has 0 bridgehead atoms. The maximum absolute atomic E-state index is 11.1. The number of hydrogen-bond acceptors (Lipinski definition) is 4. The molecule has 0 atom stereocenters. The Hall–Kier alpha value is -0.560. The van der Waals surface area contributed by atoms with Crippen LogP contribution in [0.25, 0.3) is 0 Å². The van der Waals surface area contributed by atoms with Crippen molar-refractivity contribution in [3.05, 3.63) is 28.2 Å². The van der Waals surface area contributed by atoms with E-state index in [4.69, 9.17) is 9.84 Å². The van der Waals surface area contributed by atoms with Gasteiger partial charge in [0.15, 0.2) is 0 Å². The summed E-state index contributed by atoms with van der Waals surface area (Å²) in [4.78, 5) is 14.3. The third kappa shape index (κ3) is 4.49. The largest absolute Gasteiger partial charge is 0.478 e. The minimum Gasteiger partial charge on any atom is -0.478 e. The molecule has 1 aliphatic rings. The lowest BCUT2D eigenvalue weighted by Crippen LogP contribution is -2.37. The number of carboxylic acids is 1. The summed E-state index contributed by atoms with van der Waals surface area (Å²) in [6.45, 7) is 4.47. The van der Waals surface area contributed by atoms with Crippen molar-refractivity contribution < 1.29 is 14.6 Å². The van der Waals surface area contributed by atoms with Crippen LogP contribution in [0.5, 0.6) is 0 Å². The lowest BCUT2D eigenvalue weighted by atomic mass is 10.2. The molecule has 4 nitrogen and oxygen atoms in total. The fourth-order valence-corrected chi connectivity index (χ4v) is 3.50.